The minimum atomic E-state index is -3.96. The number of carbonyl (C=O) groups is 1. The fourth-order valence-electron chi connectivity index (χ4n) is 5.05. The summed E-state index contributed by atoms with van der Waals surface area (Å²) in [6, 6.07) is 45.4. The van der Waals surface area contributed by atoms with Crippen LogP contribution in [0.4, 0.5) is 0 Å². The molecule has 0 aliphatic heterocycles. The van der Waals surface area contributed by atoms with Gasteiger partial charge in [0.1, 0.15) is 0 Å². The SMILES string of the molecule is CC(=O)OP(c1ccccc1)(c1ccccc1)(c1ccccc1)c1cccc2ccccc12. The normalized spacial score (nSPS) is 12.6. The van der Waals surface area contributed by atoms with Crippen molar-refractivity contribution >= 4 is 44.8 Å². The second-order valence-electron chi connectivity index (χ2n) is 8.12. The zero-order valence-corrected chi connectivity index (χ0v) is 19.4. The molecule has 0 bridgehead atoms. The van der Waals surface area contributed by atoms with E-state index in [9.17, 15) is 4.79 Å². The van der Waals surface area contributed by atoms with Gasteiger partial charge in [0.25, 0.3) is 0 Å². The van der Waals surface area contributed by atoms with E-state index in [0.29, 0.717) is 0 Å². The second-order valence-corrected chi connectivity index (χ2v) is 12.4. The third-order valence-corrected chi connectivity index (χ3v) is 12.1. The van der Waals surface area contributed by atoms with Gasteiger partial charge < -0.3 is 0 Å². The zero-order valence-electron chi connectivity index (χ0n) is 18.5. The fraction of sp³-hybridized carbons (Fsp3) is 0.0333. The molecular weight excluding hydrogens is 423 g/mol. The molecule has 0 N–H and O–H groups in total. The minimum absolute atomic E-state index is 0.308. The number of hydrogen-bond acceptors (Lipinski definition) is 2. The third-order valence-electron chi connectivity index (χ3n) is 6.28. The van der Waals surface area contributed by atoms with Gasteiger partial charge in [0.05, 0.1) is 0 Å². The molecule has 5 aromatic carbocycles. The molecule has 2 nitrogen and oxygen atoms in total. The van der Waals surface area contributed by atoms with Crippen LogP contribution in [-0.4, -0.2) is 5.97 Å². The van der Waals surface area contributed by atoms with Crippen LogP contribution in [0.1, 0.15) is 6.92 Å². The Bertz CT molecular complexity index is 1310. The molecule has 0 saturated carbocycles. The summed E-state index contributed by atoms with van der Waals surface area (Å²) in [5, 5.41) is 6.19. The van der Waals surface area contributed by atoms with Crippen LogP contribution in [0.25, 0.3) is 10.8 Å². The number of benzene rings is 5. The van der Waals surface area contributed by atoms with Crippen molar-refractivity contribution in [2.75, 3.05) is 0 Å². The van der Waals surface area contributed by atoms with Gasteiger partial charge in [-0.05, 0) is 0 Å². The van der Waals surface area contributed by atoms with Crippen molar-refractivity contribution in [1.82, 2.24) is 0 Å². The van der Waals surface area contributed by atoms with E-state index < -0.39 is 6.83 Å². The first kappa shape index (κ1) is 21.1. The molecule has 0 fully saturated rings. The topological polar surface area (TPSA) is 26.3 Å². The van der Waals surface area contributed by atoms with E-state index >= 15 is 0 Å². The second kappa shape index (κ2) is 8.31. The summed E-state index contributed by atoms with van der Waals surface area (Å²) < 4.78 is 6.87. The molecule has 0 aliphatic carbocycles. The van der Waals surface area contributed by atoms with Gasteiger partial charge in [-0.2, -0.15) is 0 Å². The number of fused-ring (bicyclic) bond motifs is 1. The van der Waals surface area contributed by atoms with Crippen molar-refractivity contribution in [3.05, 3.63) is 133 Å². The number of carbonyl (C=O) groups excluding carboxylic acids is 1. The standard InChI is InChI=1S/C30H25O2P/c1-24(31)32-33(26-16-5-2-6-17-26,27-18-7-3-8-19-27,28-20-9-4-10-21-28)30-23-13-15-25-14-11-12-22-29(25)30/h2-23H,1H3. The summed E-state index contributed by atoms with van der Waals surface area (Å²) in [6.07, 6.45) is 0. The third kappa shape index (κ3) is 3.10. The van der Waals surface area contributed by atoms with Crippen LogP contribution < -0.4 is 21.2 Å². The molecule has 0 spiro atoms. The summed E-state index contributed by atoms with van der Waals surface area (Å²) in [7, 11) is 0. The van der Waals surface area contributed by atoms with Crippen molar-refractivity contribution in [3.8, 4) is 0 Å². The average molecular weight is 449 g/mol. The molecule has 3 heteroatoms. The quantitative estimate of drug-likeness (QED) is 0.333. The maximum absolute atomic E-state index is 13.1. The number of hydrogen-bond donors (Lipinski definition) is 0. The molecule has 0 aromatic heterocycles. The molecular formula is C30H25O2P. The van der Waals surface area contributed by atoms with E-state index in [2.05, 4.69) is 66.7 Å². The molecule has 0 radical (unpaired) electrons. The monoisotopic (exact) mass is 448 g/mol. The average Bonchev–Trinajstić information content (AvgIpc) is 2.88. The van der Waals surface area contributed by atoms with Gasteiger partial charge in [0, 0.05) is 0 Å². The van der Waals surface area contributed by atoms with Crippen LogP contribution in [0, 0.1) is 0 Å². The van der Waals surface area contributed by atoms with Gasteiger partial charge in [-0.15, -0.1) is 0 Å². The van der Waals surface area contributed by atoms with E-state index in [-0.39, 0.29) is 5.97 Å². The Labute approximate surface area is 194 Å². The van der Waals surface area contributed by atoms with E-state index in [1.807, 2.05) is 66.7 Å². The van der Waals surface area contributed by atoms with Crippen molar-refractivity contribution < 1.29 is 9.32 Å². The van der Waals surface area contributed by atoms with Crippen molar-refractivity contribution in [3.63, 3.8) is 0 Å². The zero-order chi connectivity index (χ0) is 22.8. The predicted octanol–water partition coefficient (Wildman–Crippen LogP) is 5.47. The first-order valence-electron chi connectivity index (χ1n) is 11.0. The first-order chi connectivity index (χ1) is 16.2. The molecule has 0 saturated heterocycles. The van der Waals surface area contributed by atoms with Crippen LogP contribution in [0.3, 0.4) is 0 Å². The number of rotatable bonds is 5. The molecule has 0 unspecified atom stereocenters. The van der Waals surface area contributed by atoms with E-state index in [0.717, 1.165) is 32.0 Å². The summed E-state index contributed by atoms with van der Waals surface area (Å²) >= 11 is 0. The molecule has 0 aliphatic rings. The Balaban J connectivity index is 2.13. The van der Waals surface area contributed by atoms with Crippen LogP contribution in [0.2, 0.25) is 0 Å². The Morgan fingerprint density at radius 1 is 0.545 bits per heavy atom. The van der Waals surface area contributed by atoms with Crippen molar-refractivity contribution in [1.29, 1.82) is 0 Å². The predicted molar refractivity (Wildman–Crippen MR) is 140 cm³/mol. The van der Waals surface area contributed by atoms with E-state index in [1.165, 1.54) is 6.92 Å². The molecule has 33 heavy (non-hydrogen) atoms. The van der Waals surface area contributed by atoms with E-state index in [1.54, 1.807) is 0 Å². The summed E-state index contributed by atoms with van der Waals surface area (Å²) in [5.41, 5.74) is 0. The van der Waals surface area contributed by atoms with Crippen molar-refractivity contribution in [2.24, 2.45) is 0 Å². The Morgan fingerprint density at radius 3 is 1.45 bits per heavy atom. The van der Waals surface area contributed by atoms with Crippen LogP contribution in [-0.2, 0) is 9.32 Å². The summed E-state index contributed by atoms with van der Waals surface area (Å²) in [5.74, 6) is -0.308. The molecule has 0 amide bonds. The van der Waals surface area contributed by atoms with Crippen LogP contribution >= 0.6 is 6.83 Å². The molecule has 5 rings (SSSR count). The Morgan fingerprint density at radius 2 is 0.970 bits per heavy atom. The van der Waals surface area contributed by atoms with Gasteiger partial charge in [0.2, 0.25) is 0 Å². The molecule has 162 valence electrons. The maximum atomic E-state index is 13.1. The van der Waals surface area contributed by atoms with Crippen LogP contribution in [0.5, 0.6) is 0 Å². The van der Waals surface area contributed by atoms with Crippen LogP contribution in [0.15, 0.2) is 133 Å². The van der Waals surface area contributed by atoms with Gasteiger partial charge in [-0.1, -0.05) is 0 Å². The fourth-order valence-corrected chi connectivity index (χ4v) is 11.0. The molecule has 0 atom stereocenters. The van der Waals surface area contributed by atoms with E-state index in [4.69, 9.17) is 4.52 Å². The first-order valence-corrected chi connectivity index (χ1v) is 13.2. The van der Waals surface area contributed by atoms with Crippen molar-refractivity contribution in [2.45, 2.75) is 6.92 Å². The summed E-state index contributed by atoms with van der Waals surface area (Å²) in [6.45, 7) is -2.44. The van der Waals surface area contributed by atoms with Gasteiger partial charge in [-0.25, -0.2) is 0 Å². The summed E-state index contributed by atoms with van der Waals surface area (Å²) in [4.78, 5) is 13.1. The molecule has 5 aromatic rings. The molecule has 0 heterocycles. The Kier molecular flexibility index (Phi) is 5.32. The van der Waals surface area contributed by atoms with Gasteiger partial charge in [0.15, 0.2) is 0 Å². The van der Waals surface area contributed by atoms with Gasteiger partial charge >= 0.3 is 194 Å². The van der Waals surface area contributed by atoms with Gasteiger partial charge in [-0.3, -0.25) is 0 Å². The Hall–Kier alpha value is -3.74.